The van der Waals surface area contributed by atoms with Gasteiger partial charge in [0.1, 0.15) is 11.4 Å². The number of para-hydroxylation sites is 1. The van der Waals surface area contributed by atoms with Crippen LogP contribution in [0.15, 0.2) is 100 Å². The lowest BCUT2D eigenvalue weighted by Gasteiger charge is -2.25. The molecule has 49 heavy (non-hydrogen) atoms. The third kappa shape index (κ3) is 6.62. The van der Waals surface area contributed by atoms with E-state index in [2.05, 4.69) is 0 Å². The number of benzene rings is 3. The molecule has 1 unspecified atom stereocenters. The summed E-state index contributed by atoms with van der Waals surface area (Å²) >= 11 is 1.23. The molecule has 0 radical (unpaired) electrons. The zero-order valence-electron chi connectivity index (χ0n) is 28.1. The van der Waals surface area contributed by atoms with E-state index in [1.807, 2.05) is 74.7 Å². The molecule has 1 aliphatic heterocycles. The molecule has 1 aliphatic rings. The highest BCUT2D eigenvalue weighted by molar-refractivity contribution is 7.07. The molecule has 6 rings (SSSR count). The van der Waals surface area contributed by atoms with Crippen LogP contribution in [0.2, 0.25) is 0 Å². The molecule has 2 aromatic heterocycles. The quantitative estimate of drug-likeness (QED) is 0.189. The van der Waals surface area contributed by atoms with Crippen molar-refractivity contribution in [1.82, 2.24) is 14.3 Å². The van der Waals surface area contributed by atoms with Crippen LogP contribution in [0.1, 0.15) is 60.8 Å². The van der Waals surface area contributed by atoms with Crippen LogP contribution in [-0.2, 0) is 14.3 Å². The summed E-state index contributed by atoms with van der Waals surface area (Å²) in [5.74, 6) is -0.258. The molecular weight excluding hydrogens is 641 g/mol. The number of thiazole rings is 1. The van der Waals surface area contributed by atoms with Crippen molar-refractivity contribution in [3.05, 3.63) is 132 Å². The number of carbonyl (C=O) groups excluding carboxylic acids is 2. The average molecular weight is 677 g/mol. The number of fused-ring (bicyclic) bond motifs is 1. The Labute approximate surface area is 287 Å². The molecule has 11 heteroatoms. The fourth-order valence-electron chi connectivity index (χ4n) is 5.78. The fraction of sp³-hybridized carbons (Fsp3) is 0.237. The number of hydrogen-bond acceptors (Lipinski definition) is 9. The predicted molar refractivity (Wildman–Crippen MR) is 188 cm³/mol. The molecule has 0 bridgehead atoms. The lowest BCUT2D eigenvalue weighted by molar-refractivity contribution is -0.143. The van der Waals surface area contributed by atoms with Gasteiger partial charge in [-0.2, -0.15) is 5.10 Å². The van der Waals surface area contributed by atoms with E-state index < -0.39 is 18.0 Å². The van der Waals surface area contributed by atoms with E-state index in [0.717, 1.165) is 28.1 Å². The number of hydrogen-bond donors (Lipinski definition) is 0. The SMILES string of the molecule is CCOc1ccc(-c2nn(-c3ccccc3)cc2/C=c2\sc3n(c2=O)C(c2ccc(C(=O)OC)cc2)C(C(=O)OC(C)C)=C(C)N=3)cc1C. The second-order valence-corrected chi connectivity index (χ2v) is 12.8. The van der Waals surface area contributed by atoms with Crippen LogP contribution < -0.4 is 19.6 Å². The van der Waals surface area contributed by atoms with E-state index in [0.29, 0.717) is 38.5 Å². The molecule has 5 aromatic rings. The van der Waals surface area contributed by atoms with Crippen LogP contribution in [0.3, 0.4) is 0 Å². The van der Waals surface area contributed by atoms with E-state index >= 15 is 0 Å². The van der Waals surface area contributed by atoms with Crippen molar-refractivity contribution in [2.45, 2.75) is 46.8 Å². The second kappa shape index (κ2) is 13.9. The van der Waals surface area contributed by atoms with Gasteiger partial charge in [-0.25, -0.2) is 19.3 Å². The Morgan fingerprint density at radius 3 is 2.39 bits per heavy atom. The van der Waals surface area contributed by atoms with E-state index in [-0.39, 0.29) is 17.2 Å². The Morgan fingerprint density at radius 2 is 1.73 bits per heavy atom. The summed E-state index contributed by atoms with van der Waals surface area (Å²) < 4.78 is 20.0. The first-order chi connectivity index (χ1) is 23.6. The average Bonchev–Trinajstić information content (AvgIpc) is 3.65. The molecule has 0 aliphatic carbocycles. The van der Waals surface area contributed by atoms with Gasteiger partial charge < -0.3 is 14.2 Å². The summed E-state index contributed by atoms with van der Waals surface area (Å²) in [6, 6.07) is 21.5. The van der Waals surface area contributed by atoms with Crippen LogP contribution in [-0.4, -0.2) is 46.1 Å². The summed E-state index contributed by atoms with van der Waals surface area (Å²) in [4.78, 5) is 45.3. The Balaban J connectivity index is 1.54. The standard InChI is InChI=1S/C38H36N4O6S/c1-7-47-30-18-17-27(19-23(30)4)33-28(21-41(40-33)29-11-9-8-10-12-29)20-31-35(43)42-34(25-13-15-26(16-14-25)36(44)46-6)32(37(45)48-22(2)3)24(5)39-38(42)49-31/h8-22,34H,7H2,1-6H3/b31-20-. The van der Waals surface area contributed by atoms with Crippen LogP contribution in [0, 0.1) is 6.92 Å². The van der Waals surface area contributed by atoms with Gasteiger partial charge in [-0.3, -0.25) is 9.36 Å². The van der Waals surface area contributed by atoms with Gasteiger partial charge in [0.05, 0.1) is 52.9 Å². The van der Waals surface area contributed by atoms with Gasteiger partial charge in [0, 0.05) is 17.3 Å². The Kier molecular flexibility index (Phi) is 9.46. The predicted octanol–water partition coefficient (Wildman–Crippen LogP) is 5.53. The van der Waals surface area contributed by atoms with Crippen molar-refractivity contribution in [3.63, 3.8) is 0 Å². The fourth-order valence-corrected chi connectivity index (χ4v) is 6.82. The van der Waals surface area contributed by atoms with Crippen molar-refractivity contribution in [2.75, 3.05) is 13.7 Å². The molecule has 0 amide bonds. The van der Waals surface area contributed by atoms with Crippen molar-refractivity contribution in [3.8, 4) is 22.7 Å². The van der Waals surface area contributed by atoms with Crippen LogP contribution in [0.25, 0.3) is 23.0 Å². The van der Waals surface area contributed by atoms with E-state index in [1.54, 1.807) is 49.7 Å². The molecular formula is C38H36N4O6S. The van der Waals surface area contributed by atoms with Crippen molar-refractivity contribution < 1.29 is 23.8 Å². The monoisotopic (exact) mass is 676 g/mol. The van der Waals surface area contributed by atoms with E-state index in [9.17, 15) is 14.4 Å². The maximum absolute atomic E-state index is 14.4. The van der Waals surface area contributed by atoms with Gasteiger partial charge in [-0.05, 0) is 94.3 Å². The summed E-state index contributed by atoms with van der Waals surface area (Å²) in [6.07, 6.45) is 3.33. The lowest BCUT2D eigenvalue weighted by atomic mass is 9.95. The number of ether oxygens (including phenoxy) is 3. The normalized spacial score (nSPS) is 14.4. The van der Waals surface area contributed by atoms with Crippen molar-refractivity contribution in [1.29, 1.82) is 0 Å². The summed E-state index contributed by atoms with van der Waals surface area (Å²) in [5.41, 5.74) is 5.46. The first kappa shape index (κ1) is 33.4. The smallest absolute Gasteiger partial charge is 0.338 e. The number of aromatic nitrogens is 3. The summed E-state index contributed by atoms with van der Waals surface area (Å²) in [5, 5.41) is 4.95. The number of carbonyl (C=O) groups is 2. The second-order valence-electron chi connectivity index (χ2n) is 11.8. The number of allylic oxidation sites excluding steroid dienone is 1. The van der Waals surface area contributed by atoms with Crippen molar-refractivity contribution in [2.24, 2.45) is 4.99 Å². The molecule has 250 valence electrons. The minimum absolute atomic E-state index is 0.251. The number of aryl methyl sites for hydroxylation is 1. The summed E-state index contributed by atoms with van der Waals surface area (Å²) in [6.45, 7) is 9.76. The minimum atomic E-state index is -0.836. The third-order valence-corrected chi connectivity index (χ3v) is 9.01. The number of methoxy groups -OCH3 is 1. The Morgan fingerprint density at radius 1 is 1.00 bits per heavy atom. The largest absolute Gasteiger partial charge is 0.494 e. The van der Waals surface area contributed by atoms with Gasteiger partial charge in [-0.15, -0.1) is 0 Å². The van der Waals surface area contributed by atoms with E-state index in [4.69, 9.17) is 24.3 Å². The molecule has 0 N–H and O–H groups in total. The number of nitrogens with zero attached hydrogens (tertiary/aromatic N) is 4. The Hall–Kier alpha value is -5.55. The third-order valence-electron chi connectivity index (χ3n) is 8.03. The van der Waals surface area contributed by atoms with Crippen molar-refractivity contribution >= 4 is 29.4 Å². The number of rotatable bonds is 9. The van der Waals surface area contributed by atoms with E-state index in [1.165, 1.54) is 23.0 Å². The maximum atomic E-state index is 14.4. The molecule has 1 atom stereocenters. The zero-order chi connectivity index (χ0) is 34.8. The molecule has 0 spiro atoms. The van der Waals surface area contributed by atoms with Gasteiger partial charge in [0.15, 0.2) is 4.80 Å². The molecule has 10 nitrogen and oxygen atoms in total. The molecule has 3 aromatic carbocycles. The number of esters is 2. The van der Waals surface area contributed by atoms with Gasteiger partial charge in [0.2, 0.25) is 0 Å². The topological polar surface area (TPSA) is 114 Å². The minimum Gasteiger partial charge on any atom is -0.494 e. The maximum Gasteiger partial charge on any atom is 0.338 e. The highest BCUT2D eigenvalue weighted by Crippen LogP contribution is 2.32. The van der Waals surface area contributed by atoms with Crippen LogP contribution in [0.5, 0.6) is 5.75 Å². The van der Waals surface area contributed by atoms with Gasteiger partial charge in [0.25, 0.3) is 5.56 Å². The van der Waals surface area contributed by atoms with Crippen LogP contribution in [0.4, 0.5) is 0 Å². The zero-order valence-corrected chi connectivity index (χ0v) is 28.9. The molecule has 0 saturated heterocycles. The molecule has 0 saturated carbocycles. The van der Waals surface area contributed by atoms with Gasteiger partial charge >= 0.3 is 11.9 Å². The van der Waals surface area contributed by atoms with Gasteiger partial charge in [-0.1, -0.05) is 41.7 Å². The lowest BCUT2D eigenvalue weighted by Crippen LogP contribution is -2.40. The summed E-state index contributed by atoms with van der Waals surface area (Å²) in [7, 11) is 1.31. The highest BCUT2D eigenvalue weighted by atomic mass is 32.1. The first-order valence-electron chi connectivity index (χ1n) is 15.9. The molecule has 3 heterocycles. The van der Waals surface area contributed by atoms with Crippen LogP contribution >= 0.6 is 11.3 Å². The first-order valence-corrected chi connectivity index (χ1v) is 16.7. The highest BCUT2D eigenvalue weighted by Gasteiger charge is 2.34. The molecule has 0 fully saturated rings. The Bertz CT molecular complexity index is 2260.